The number of amides is 1. The van der Waals surface area contributed by atoms with Crippen LogP contribution in [0.5, 0.6) is 0 Å². The Labute approximate surface area is 123 Å². The maximum Gasteiger partial charge on any atom is 0.257 e. The quantitative estimate of drug-likeness (QED) is 0.906. The van der Waals surface area contributed by atoms with Crippen molar-refractivity contribution in [3.63, 3.8) is 0 Å². The first kappa shape index (κ1) is 13.3. The molecule has 0 spiro atoms. The Balaban J connectivity index is 1.68. The van der Waals surface area contributed by atoms with Crippen LogP contribution in [0.3, 0.4) is 0 Å². The fourth-order valence-corrected chi connectivity index (χ4v) is 5.04. The number of nitrogens with one attached hydrogen (secondary N) is 1. The van der Waals surface area contributed by atoms with Gasteiger partial charge in [-0.15, -0.1) is 0 Å². The van der Waals surface area contributed by atoms with Gasteiger partial charge in [0.15, 0.2) is 5.60 Å². The SMILES string of the molecule is C[C@]12CC[C@@H]3C[C@]1(C(=O)Nc1ccccc1F)OC[C@@]32C. The van der Waals surface area contributed by atoms with Gasteiger partial charge in [0.2, 0.25) is 0 Å². The number of hydrogen-bond acceptors (Lipinski definition) is 2. The Kier molecular flexibility index (Phi) is 2.44. The zero-order chi connectivity index (χ0) is 14.9. The Bertz CT molecular complexity index is 633. The zero-order valence-corrected chi connectivity index (χ0v) is 12.4. The molecule has 3 fully saturated rings. The van der Waals surface area contributed by atoms with Crippen molar-refractivity contribution in [1.29, 1.82) is 0 Å². The molecule has 112 valence electrons. The number of anilines is 1. The van der Waals surface area contributed by atoms with Crippen molar-refractivity contribution in [2.45, 2.75) is 38.7 Å². The summed E-state index contributed by atoms with van der Waals surface area (Å²) in [5.41, 5.74) is -0.604. The van der Waals surface area contributed by atoms with Gasteiger partial charge in [-0.05, 0) is 37.3 Å². The standard InChI is InChI=1S/C17H20FNO2/c1-15-10-21-17(9-11(15)7-8-16(15,17)2)14(20)19-13-6-4-3-5-12(13)18/h3-6,11H,7-10H2,1-2H3,(H,19,20)/t11-,15+,16-,17-/m1/s1. The molecule has 1 saturated heterocycles. The lowest BCUT2D eigenvalue weighted by Gasteiger charge is -2.40. The molecule has 4 rings (SSSR count). The minimum Gasteiger partial charge on any atom is -0.364 e. The fourth-order valence-electron chi connectivity index (χ4n) is 5.04. The van der Waals surface area contributed by atoms with Crippen molar-refractivity contribution in [2.75, 3.05) is 11.9 Å². The van der Waals surface area contributed by atoms with E-state index >= 15 is 0 Å². The number of rotatable bonds is 2. The Morgan fingerprint density at radius 3 is 2.81 bits per heavy atom. The normalized spacial score (nSPS) is 43.3. The Morgan fingerprint density at radius 2 is 2.14 bits per heavy atom. The number of halogens is 1. The summed E-state index contributed by atoms with van der Waals surface area (Å²) >= 11 is 0. The second kappa shape index (κ2) is 3.86. The van der Waals surface area contributed by atoms with E-state index in [9.17, 15) is 9.18 Å². The number of ether oxygens (including phenoxy) is 1. The molecule has 4 bridgehead atoms. The average molecular weight is 289 g/mol. The lowest BCUT2D eigenvalue weighted by atomic mass is 9.66. The van der Waals surface area contributed by atoms with Crippen LogP contribution in [0.2, 0.25) is 0 Å². The van der Waals surface area contributed by atoms with Crippen LogP contribution < -0.4 is 5.32 Å². The molecule has 3 aliphatic rings. The van der Waals surface area contributed by atoms with Crippen LogP contribution >= 0.6 is 0 Å². The predicted molar refractivity (Wildman–Crippen MR) is 77.3 cm³/mol. The molecule has 0 unspecified atom stereocenters. The number of hydrogen-bond donors (Lipinski definition) is 1. The van der Waals surface area contributed by atoms with Crippen molar-refractivity contribution in [3.8, 4) is 0 Å². The number of carbonyl (C=O) groups is 1. The van der Waals surface area contributed by atoms with E-state index in [0.29, 0.717) is 12.5 Å². The maximum absolute atomic E-state index is 13.8. The van der Waals surface area contributed by atoms with Crippen LogP contribution in [-0.2, 0) is 9.53 Å². The first-order chi connectivity index (χ1) is 9.93. The summed E-state index contributed by atoms with van der Waals surface area (Å²) in [6.07, 6.45) is 2.95. The minimum absolute atomic E-state index is 0.0829. The smallest absolute Gasteiger partial charge is 0.257 e. The van der Waals surface area contributed by atoms with Crippen molar-refractivity contribution in [2.24, 2.45) is 16.7 Å². The van der Waals surface area contributed by atoms with Gasteiger partial charge in [0.1, 0.15) is 5.82 Å². The van der Waals surface area contributed by atoms with E-state index in [1.54, 1.807) is 18.2 Å². The van der Waals surface area contributed by atoms with Crippen LogP contribution in [-0.4, -0.2) is 18.1 Å². The lowest BCUT2D eigenvalue weighted by molar-refractivity contribution is -0.149. The topological polar surface area (TPSA) is 38.3 Å². The molecule has 0 radical (unpaired) electrons. The van der Waals surface area contributed by atoms with Gasteiger partial charge >= 0.3 is 0 Å². The summed E-state index contributed by atoms with van der Waals surface area (Å²) in [6, 6.07) is 6.28. The number of para-hydroxylation sites is 1. The highest BCUT2D eigenvalue weighted by Crippen LogP contribution is 2.75. The van der Waals surface area contributed by atoms with Crippen LogP contribution in [0.15, 0.2) is 24.3 Å². The molecule has 1 amide bonds. The highest BCUT2D eigenvalue weighted by Gasteiger charge is 2.78. The van der Waals surface area contributed by atoms with Crippen LogP contribution in [0, 0.1) is 22.6 Å². The summed E-state index contributed by atoms with van der Waals surface area (Å²) in [4.78, 5) is 12.9. The third-order valence-electron chi connectivity index (χ3n) is 6.69. The number of carbonyl (C=O) groups excluding carboxylic acids is 1. The largest absolute Gasteiger partial charge is 0.364 e. The monoisotopic (exact) mass is 289 g/mol. The molecule has 4 atom stereocenters. The third kappa shape index (κ3) is 1.35. The molecule has 2 aliphatic carbocycles. The van der Waals surface area contributed by atoms with E-state index in [1.807, 2.05) is 0 Å². The van der Waals surface area contributed by atoms with Gasteiger partial charge in [-0.2, -0.15) is 0 Å². The van der Waals surface area contributed by atoms with E-state index in [1.165, 1.54) is 12.5 Å². The maximum atomic E-state index is 13.8. The summed E-state index contributed by atoms with van der Waals surface area (Å²) < 4.78 is 19.8. The van der Waals surface area contributed by atoms with Gasteiger partial charge < -0.3 is 10.1 Å². The molecule has 1 aromatic rings. The van der Waals surface area contributed by atoms with Crippen molar-refractivity contribution < 1.29 is 13.9 Å². The van der Waals surface area contributed by atoms with Gasteiger partial charge in [-0.25, -0.2) is 4.39 Å². The summed E-state index contributed by atoms with van der Waals surface area (Å²) in [5, 5.41) is 2.76. The second-order valence-corrected chi connectivity index (χ2v) is 7.24. The van der Waals surface area contributed by atoms with Crippen LogP contribution in [0.1, 0.15) is 33.1 Å². The highest BCUT2D eigenvalue weighted by molar-refractivity contribution is 5.99. The third-order valence-corrected chi connectivity index (χ3v) is 6.69. The highest BCUT2D eigenvalue weighted by atomic mass is 19.1. The molecule has 1 aromatic carbocycles. The lowest BCUT2D eigenvalue weighted by Crippen LogP contribution is -2.52. The van der Waals surface area contributed by atoms with E-state index in [0.717, 1.165) is 12.8 Å². The molecule has 2 saturated carbocycles. The Morgan fingerprint density at radius 1 is 1.38 bits per heavy atom. The molecule has 0 aromatic heterocycles. The minimum atomic E-state index is -0.785. The first-order valence-corrected chi connectivity index (χ1v) is 7.63. The molecular formula is C17H20FNO2. The van der Waals surface area contributed by atoms with Gasteiger partial charge in [0.05, 0.1) is 12.3 Å². The van der Waals surface area contributed by atoms with Crippen LogP contribution in [0.4, 0.5) is 10.1 Å². The van der Waals surface area contributed by atoms with Crippen molar-refractivity contribution in [1.82, 2.24) is 0 Å². The number of benzene rings is 1. The molecule has 1 N–H and O–H groups in total. The molecule has 21 heavy (non-hydrogen) atoms. The molecule has 1 heterocycles. The summed E-state index contributed by atoms with van der Waals surface area (Å²) in [6.45, 7) is 5.06. The second-order valence-electron chi connectivity index (χ2n) is 7.24. The van der Waals surface area contributed by atoms with Crippen molar-refractivity contribution in [3.05, 3.63) is 30.1 Å². The first-order valence-electron chi connectivity index (χ1n) is 7.63. The molecule has 4 heteroatoms. The van der Waals surface area contributed by atoms with E-state index in [4.69, 9.17) is 4.74 Å². The van der Waals surface area contributed by atoms with E-state index < -0.39 is 11.4 Å². The fraction of sp³-hybridized carbons (Fsp3) is 0.588. The van der Waals surface area contributed by atoms with E-state index in [2.05, 4.69) is 19.2 Å². The van der Waals surface area contributed by atoms with E-state index in [-0.39, 0.29) is 22.4 Å². The molecule has 3 nitrogen and oxygen atoms in total. The van der Waals surface area contributed by atoms with Gasteiger partial charge in [0, 0.05) is 10.8 Å². The molecular weight excluding hydrogens is 269 g/mol. The Hall–Kier alpha value is -1.42. The predicted octanol–water partition coefficient (Wildman–Crippen LogP) is 3.36. The summed E-state index contributed by atoms with van der Waals surface area (Å²) in [7, 11) is 0. The van der Waals surface area contributed by atoms with Gasteiger partial charge in [-0.1, -0.05) is 26.0 Å². The average Bonchev–Trinajstić information content (AvgIpc) is 2.93. The van der Waals surface area contributed by atoms with Gasteiger partial charge in [0.25, 0.3) is 5.91 Å². The van der Waals surface area contributed by atoms with Crippen LogP contribution in [0.25, 0.3) is 0 Å². The molecule has 1 aliphatic heterocycles. The van der Waals surface area contributed by atoms with Crippen molar-refractivity contribution >= 4 is 11.6 Å². The van der Waals surface area contributed by atoms with Gasteiger partial charge in [-0.3, -0.25) is 4.79 Å². The zero-order valence-electron chi connectivity index (χ0n) is 12.4. The summed E-state index contributed by atoms with van der Waals surface area (Å²) in [5.74, 6) is -0.0417.